The molecule has 4 heterocycles. The van der Waals surface area contributed by atoms with Gasteiger partial charge in [0.15, 0.2) is 0 Å². The van der Waals surface area contributed by atoms with Gasteiger partial charge in [0, 0.05) is 38.5 Å². The van der Waals surface area contributed by atoms with Crippen LogP contribution in [0.25, 0.3) is 5.57 Å². The number of aromatic nitrogens is 2. The van der Waals surface area contributed by atoms with Crippen LogP contribution in [-0.4, -0.2) is 71.7 Å². The van der Waals surface area contributed by atoms with Crippen LogP contribution >= 0.6 is 0 Å². The predicted octanol–water partition coefficient (Wildman–Crippen LogP) is 2.67. The normalized spacial score (nSPS) is 25.8. The van der Waals surface area contributed by atoms with E-state index >= 15 is 0 Å². The maximum absolute atomic E-state index is 13.5. The van der Waals surface area contributed by atoms with Crippen molar-refractivity contribution in [3.63, 3.8) is 0 Å². The molecule has 2 atom stereocenters. The molecule has 0 bridgehead atoms. The molecule has 2 fully saturated rings. The van der Waals surface area contributed by atoms with Gasteiger partial charge in [0.1, 0.15) is 0 Å². The molecule has 4 aliphatic rings. The van der Waals surface area contributed by atoms with E-state index in [0.29, 0.717) is 30.4 Å². The Bertz CT molecular complexity index is 1010. The summed E-state index contributed by atoms with van der Waals surface area (Å²) in [5.74, 6) is 0.0157. The molecule has 32 heavy (non-hydrogen) atoms. The number of hydrogen-bond acceptors (Lipinski definition) is 5. The second-order valence-electron chi connectivity index (χ2n) is 9.05. The minimum absolute atomic E-state index is 0.0947. The van der Waals surface area contributed by atoms with Gasteiger partial charge in [-0.1, -0.05) is 11.6 Å². The fourth-order valence-corrected chi connectivity index (χ4v) is 5.08. The van der Waals surface area contributed by atoms with E-state index in [2.05, 4.69) is 10.1 Å². The summed E-state index contributed by atoms with van der Waals surface area (Å²) < 4.78 is 13.0. The summed E-state index contributed by atoms with van der Waals surface area (Å²) >= 11 is 0. The Morgan fingerprint density at radius 2 is 2.09 bits per heavy atom. The lowest BCUT2D eigenvalue weighted by Crippen LogP contribution is -2.43. The maximum Gasteiger partial charge on any atom is 0.281 e. The predicted molar refractivity (Wildman–Crippen MR) is 119 cm³/mol. The van der Waals surface area contributed by atoms with E-state index in [-0.39, 0.29) is 23.8 Å². The molecule has 0 radical (unpaired) electrons. The SMILES string of the molecule is CCOCC1CCN(C(=O)C2C=C3C(=NC(=O)c4cnn([C@H]5CCOC5)c43)C=C2C)CC1. The van der Waals surface area contributed by atoms with Gasteiger partial charge in [-0.05, 0) is 45.1 Å². The highest BCUT2D eigenvalue weighted by Gasteiger charge is 2.36. The number of rotatable bonds is 5. The quantitative estimate of drug-likeness (QED) is 0.706. The second-order valence-corrected chi connectivity index (χ2v) is 9.05. The molecule has 2 saturated heterocycles. The lowest BCUT2D eigenvalue weighted by Gasteiger charge is -2.35. The van der Waals surface area contributed by atoms with Gasteiger partial charge in [-0.25, -0.2) is 4.99 Å². The molecule has 2 amide bonds. The first-order chi connectivity index (χ1) is 15.6. The third kappa shape index (κ3) is 3.75. The molecule has 0 aromatic carbocycles. The molecule has 0 spiro atoms. The van der Waals surface area contributed by atoms with Crippen LogP contribution in [0.15, 0.2) is 28.9 Å². The molecule has 3 aliphatic heterocycles. The molecular weight excluding hydrogens is 408 g/mol. The summed E-state index contributed by atoms with van der Waals surface area (Å²) in [4.78, 5) is 32.4. The van der Waals surface area contributed by atoms with Crippen LogP contribution in [0.1, 0.15) is 55.2 Å². The number of amides is 2. The van der Waals surface area contributed by atoms with Crippen molar-refractivity contribution in [3.05, 3.63) is 35.2 Å². The van der Waals surface area contributed by atoms with Crippen LogP contribution < -0.4 is 0 Å². The van der Waals surface area contributed by atoms with E-state index in [1.54, 1.807) is 6.20 Å². The van der Waals surface area contributed by atoms with Crippen molar-refractivity contribution in [1.82, 2.24) is 14.7 Å². The van der Waals surface area contributed by atoms with Gasteiger partial charge in [-0.2, -0.15) is 5.10 Å². The van der Waals surface area contributed by atoms with Gasteiger partial charge >= 0.3 is 0 Å². The zero-order chi connectivity index (χ0) is 22.2. The standard InChI is InChI=1S/C24H30N4O4/c1-3-31-13-16-4-7-27(8-5-16)24(30)18-11-19-21(10-15(18)2)26-23(29)20-12-25-28(22(19)20)17-6-9-32-14-17/h10-12,16-18H,3-9,13-14H2,1-2H3/t17-,18?/m0/s1. The van der Waals surface area contributed by atoms with Gasteiger partial charge < -0.3 is 14.4 Å². The Morgan fingerprint density at radius 1 is 1.28 bits per heavy atom. The molecule has 1 aliphatic carbocycles. The van der Waals surface area contributed by atoms with E-state index < -0.39 is 0 Å². The molecule has 0 saturated carbocycles. The minimum atomic E-state index is -0.350. The number of aliphatic imine (C=N–C) groups is 1. The van der Waals surface area contributed by atoms with Gasteiger partial charge in [0.2, 0.25) is 5.91 Å². The van der Waals surface area contributed by atoms with Gasteiger partial charge in [0.25, 0.3) is 5.91 Å². The first-order valence-electron chi connectivity index (χ1n) is 11.6. The lowest BCUT2D eigenvalue weighted by atomic mass is 9.84. The topological polar surface area (TPSA) is 86.0 Å². The molecule has 0 N–H and O–H groups in total. The van der Waals surface area contributed by atoms with E-state index in [1.165, 1.54) is 0 Å². The smallest absolute Gasteiger partial charge is 0.281 e. The Balaban J connectivity index is 1.41. The maximum atomic E-state index is 13.5. The van der Waals surface area contributed by atoms with Crippen molar-refractivity contribution in [2.24, 2.45) is 16.8 Å². The van der Waals surface area contributed by atoms with Crippen molar-refractivity contribution in [2.45, 2.75) is 39.2 Å². The highest BCUT2D eigenvalue weighted by atomic mass is 16.5. The largest absolute Gasteiger partial charge is 0.381 e. The van der Waals surface area contributed by atoms with Gasteiger partial charge in [-0.15, -0.1) is 0 Å². The van der Waals surface area contributed by atoms with Crippen molar-refractivity contribution < 1.29 is 19.1 Å². The highest BCUT2D eigenvalue weighted by molar-refractivity contribution is 6.36. The number of ether oxygens (including phenoxy) is 2. The zero-order valence-corrected chi connectivity index (χ0v) is 18.7. The Morgan fingerprint density at radius 3 is 2.81 bits per heavy atom. The first kappa shape index (κ1) is 21.3. The van der Waals surface area contributed by atoms with Crippen molar-refractivity contribution in [2.75, 3.05) is 39.5 Å². The minimum Gasteiger partial charge on any atom is -0.381 e. The van der Waals surface area contributed by atoms with Crippen LogP contribution in [-0.2, 0) is 14.3 Å². The van der Waals surface area contributed by atoms with Gasteiger partial charge in [0.05, 0.1) is 41.7 Å². The highest BCUT2D eigenvalue weighted by Crippen LogP contribution is 2.36. The number of allylic oxidation sites excluding steroid dienone is 2. The summed E-state index contributed by atoms with van der Waals surface area (Å²) in [6.07, 6.45) is 8.28. The van der Waals surface area contributed by atoms with E-state index in [0.717, 1.165) is 62.4 Å². The summed E-state index contributed by atoms with van der Waals surface area (Å²) in [5, 5.41) is 4.51. The zero-order valence-electron chi connectivity index (χ0n) is 18.7. The molecule has 8 nitrogen and oxygen atoms in total. The molecule has 8 heteroatoms. The summed E-state index contributed by atoms with van der Waals surface area (Å²) in [6, 6.07) is 0.0947. The van der Waals surface area contributed by atoms with Crippen LogP contribution in [0, 0.1) is 11.8 Å². The molecule has 1 aromatic rings. The second kappa shape index (κ2) is 8.75. The summed E-state index contributed by atoms with van der Waals surface area (Å²) in [7, 11) is 0. The summed E-state index contributed by atoms with van der Waals surface area (Å²) in [5.41, 5.74) is 3.65. The lowest BCUT2D eigenvalue weighted by molar-refractivity contribution is -0.134. The van der Waals surface area contributed by atoms with Crippen LogP contribution in [0.5, 0.6) is 0 Å². The van der Waals surface area contributed by atoms with Crippen LogP contribution in [0.2, 0.25) is 0 Å². The number of carbonyl (C=O) groups excluding carboxylic acids is 2. The fraction of sp³-hybridized carbons (Fsp3) is 0.583. The Kier molecular flexibility index (Phi) is 5.82. The Hall–Kier alpha value is -2.58. The molecule has 1 aromatic heterocycles. The fourth-order valence-electron chi connectivity index (χ4n) is 5.08. The number of piperidine rings is 1. The van der Waals surface area contributed by atoms with Crippen molar-refractivity contribution >= 4 is 23.1 Å². The van der Waals surface area contributed by atoms with Crippen LogP contribution in [0.4, 0.5) is 0 Å². The average Bonchev–Trinajstić information content (AvgIpc) is 3.47. The van der Waals surface area contributed by atoms with Gasteiger partial charge in [-0.3, -0.25) is 14.3 Å². The van der Waals surface area contributed by atoms with E-state index in [1.807, 2.05) is 35.6 Å². The summed E-state index contributed by atoms with van der Waals surface area (Å²) in [6.45, 7) is 8.24. The number of carbonyl (C=O) groups is 2. The Labute approximate surface area is 188 Å². The molecule has 5 rings (SSSR count). The van der Waals surface area contributed by atoms with E-state index in [9.17, 15) is 9.59 Å². The number of fused-ring (bicyclic) bond motifs is 3. The van der Waals surface area contributed by atoms with Crippen molar-refractivity contribution in [1.29, 1.82) is 0 Å². The van der Waals surface area contributed by atoms with E-state index in [4.69, 9.17) is 9.47 Å². The third-order valence-corrected chi connectivity index (χ3v) is 6.97. The monoisotopic (exact) mass is 438 g/mol. The number of hydrogen-bond donors (Lipinski definition) is 0. The third-order valence-electron chi connectivity index (χ3n) is 6.97. The molecular formula is C24H30N4O4. The molecule has 170 valence electrons. The van der Waals surface area contributed by atoms with Crippen LogP contribution in [0.3, 0.4) is 0 Å². The molecule has 1 unspecified atom stereocenters. The average molecular weight is 439 g/mol. The number of nitrogens with zero attached hydrogens (tertiary/aromatic N) is 4. The first-order valence-corrected chi connectivity index (χ1v) is 11.6. The number of likely N-dealkylation sites (tertiary alicyclic amines) is 1. The van der Waals surface area contributed by atoms with Crippen molar-refractivity contribution in [3.8, 4) is 0 Å².